The molecule has 2 amide bonds. The van der Waals surface area contributed by atoms with E-state index < -0.39 is 18.0 Å². The number of methoxy groups -OCH3 is 3. The molecule has 0 unspecified atom stereocenters. The number of ether oxygens (including phenoxy) is 3. The van der Waals surface area contributed by atoms with E-state index in [0.717, 1.165) is 11.1 Å². The number of anilines is 2. The molecule has 40 heavy (non-hydrogen) atoms. The number of carbonyl (C=O) groups is 2. The van der Waals surface area contributed by atoms with E-state index >= 15 is 0 Å². The molecule has 10 nitrogen and oxygen atoms in total. The molecule has 0 aromatic heterocycles. The Labute approximate surface area is 232 Å². The molecular formula is C30H33N3O7. The fourth-order valence-corrected chi connectivity index (χ4v) is 4.96. The number of aryl methyl sites for hydroxylation is 1. The van der Waals surface area contributed by atoms with Crippen molar-refractivity contribution in [3.8, 4) is 34.1 Å². The van der Waals surface area contributed by atoms with Crippen LogP contribution in [0.1, 0.15) is 37.4 Å². The second-order valence-corrected chi connectivity index (χ2v) is 9.50. The van der Waals surface area contributed by atoms with Crippen LogP contribution in [0.25, 0.3) is 11.1 Å². The number of hydrogen-bond donors (Lipinski definition) is 4. The third kappa shape index (κ3) is 5.80. The Balaban J connectivity index is 1.81. The Morgan fingerprint density at radius 1 is 1.00 bits per heavy atom. The summed E-state index contributed by atoms with van der Waals surface area (Å²) in [6.45, 7) is 3.07. The molecule has 0 radical (unpaired) electrons. The fourth-order valence-electron chi connectivity index (χ4n) is 4.96. The van der Waals surface area contributed by atoms with Crippen LogP contribution in [0.15, 0.2) is 53.3 Å². The lowest BCUT2D eigenvalue weighted by molar-refractivity contribution is -0.119. The third-order valence-electron chi connectivity index (χ3n) is 6.79. The number of benzene rings is 2. The summed E-state index contributed by atoms with van der Waals surface area (Å²) in [4.78, 5) is 38.4. The molecule has 4 rings (SSSR count). The summed E-state index contributed by atoms with van der Waals surface area (Å²) in [6.07, 6.45) is 1.12. The Hall–Kier alpha value is -4.73. The molecule has 0 spiro atoms. The second kappa shape index (κ2) is 12.0. The minimum atomic E-state index is -0.783. The van der Waals surface area contributed by atoms with Crippen molar-refractivity contribution in [3.05, 3.63) is 69.9 Å². The summed E-state index contributed by atoms with van der Waals surface area (Å²) in [5.74, 6) is 0.786. The first-order valence-electron chi connectivity index (χ1n) is 12.8. The maximum absolute atomic E-state index is 13.5. The number of hydrogen-bond acceptors (Lipinski definition) is 8. The highest BCUT2D eigenvalue weighted by atomic mass is 16.5. The van der Waals surface area contributed by atoms with Crippen LogP contribution in [-0.2, 0) is 16.0 Å². The molecule has 0 aliphatic heterocycles. The molecule has 0 fully saturated rings. The first-order valence-corrected chi connectivity index (χ1v) is 12.8. The minimum absolute atomic E-state index is 0.0236. The summed E-state index contributed by atoms with van der Waals surface area (Å²) in [5, 5.41) is 18.4. The van der Waals surface area contributed by atoms with Gasteiger partial charge in [0.2, 0.25) is 23.0 Å². The Bertz CT molecular complexity index is 1510. The molecule has 1 aliphatic carbocycles. The molecule has 1 aliphatic rings. The smallest absolute Gasteiger partial charge is 0.246 e. The zero-order valence-corrected chi connectivity index (χ0v) is 23.1. The standard InChI is InChI=1S/C30H33N3O7/c1-16(30(37)33-19-7-6-8-20(35)14-19)31-24-12-10-21-22(15-25(24)36)23(32-17(2)34)11-9-18-13-26(38-3)28(39-4)29(40-5)27(18)21/h6-8,10,12-16,23,35H,9,11H2,1-5H3,(H,31,36)(H,32,34)(H,33,37)/t16-,23-/m1/s1. The number of fused-ring (bicyclic) bond motifs is 3. The topological polar surface area (TPSA) is 135 Å². The largest absolute Gasteiger partial charge is 0.508 e. The van der Waals surface area contributed by atoms with Crippen molar-refractivity contribution in [2.45, 2.75) is 38.8 Å². The third-order valence-corrected chi connectivity index (χ3v) is 6.79. The Morgan fingerprint density at radius 2 is 1.75 bits per heavy atom. The molecule has 3 aromatic rings. The number of rotatable bonds is 8. The maximum atomic E-state index is 13.5. The van der Waals surface area contributed by atoms with Gasteiger partial charge in [-0.2, -0.15) is 0 Å². The molecule has 0 saturated carbocycles. The number of phenolic OH excluding ortho intramolecular Hbond substituents is 1. The van der Waals surface area contributed by atoms with Crippen molar-refractivity contribution in [1.29, 1.82) is 0 Å². The number of aromatic hydroxyl groups is 1. The minimum Gasteiger partial charge on any atom is -0.508 e. The van der Waals surface area contributed by atoms with E-state index in [1.54, 1.807) is 38.3 Å². The van der Waals surface area contributed by atoms with Gasteiger partial charge < -0.3 is 35.3 Å². The summed E-state index contributed by atoms with van der Waals surface area (Å²) in [5.41, 5.74) is 3.23. The van der Waals surface area contributed by atoms with Gasteiger partial charge in [-0.15, -0.1) is 0 Å². The van der Waals surface area contributed by atoms with Crippen LogP contribution in [0.4, 0.5) is 11.4 Å². The molecule has 10 heteroatoms. The van der Waals surface area contributed by atoms with E-state index in [1.807, 2.05) is 6.07 Å². The van der Waals surface area contributed by atoms with E-state index in [9.17, 15) is 19.5 Å². The van der Waals surface area contributed by atoms with Crippen molar-refractivity contribution in [2.75, 3.05) is 32.0 Å². The van der Waals surface area contributed by atoms with Gasteiger partial charge in [-0.3, -0.25) is 14.4 Å². The first-order chi connectivity index (χ1) is 19.2. The van der Waals surface area contributed by atoms with E-state index in [4.69, 9.17) is 14.2 Å². The summed E-state index contributed by atoms with van der Waals surface area (Å²) in [7, 11) is 4.61. The highest BCUT2D eigenvalue weighted by molar-refractivity contribution is 5.96. The predicted octanol–water partition coefficient (Wildman–Crippen LogP) is 4.01. The summed E-state index contributed by atoms with van der Waals surface area (Å²) < 4.78 is 17.0. The van der Waals surface area contributed by atoms with Crippen LogP contribution in [-0.4, -0.2) is 44.3 Å². The van der Waals surface area contributed by atoms with Gasteiger partial charge in [0.1, 0.15) is 11.8 Å². The predicted molar refractivity (Wildman–Crippen MR) is 153 cm³/mol. The van der Waals surface area contributed by atoms with Gasteiger partial charge in [0.15, 0.2) is 11.5 Å². The van der Waals surface area contributed by atoms with Crippen LogP contribution >= 0.6 is 0 Å². The van der Waals surface area contributed by atoms with E-state index in [1.165, 1.54) is 39.3 Å². The van der Waals surface area contributed by atoms with Crippen LogP contribution < -0.4 is 35.6 Å². The molecule has 0 saturated heterocycles. The molecule has 3 aromatic carbocycles. The molecule has 4 N–H and O–H groups in total. The number of carbonyl (C=O) groups excluding carboxylic acids is 2. The Kier molecular flexibility index (Phi) is 8.47. The van der Waals surface area contributed by atoms with Gasteiger partial charge in [-0.1, -0.05) is 12.1 Å². The number of nitrogens with one attached hydrogen (secondary N) is 3. The quantitative estimate of drug-likeness (QED) is 0.332. The second-order valence-electron chi connectivity index (χ2n) is 9.50. The highest BCUT2D eigenvalue weighted by Crippen LogP contribution is 2.50. The van der Waals surface area contributed by atoms with E-state index in [-0.39, 0.29) is 22.8 Å². The maximum Gasteiger partial charge on any atom is 0.246 e. The molecule has 2 atom stereocenters. The van der Waals surface area contributed by atoms with Crippen molar-refractivity contribution in [3.63, 3.8) is 0 Å². The zero-order valence-electron chi connectivity index (χ0n) is 23.1. The van der Waals surface area contributed by atoms with Crippen LogP contribution in [0.2, 0.25) is 0 Å². The molecular weight excluding hydrogens is 514 g/mol. The number of phenols is 1. The van der Waals surface area contributed by atoms with E-state index in [0.29, 0.717) is 46.9 Å². The number of amides is 2. The molecule has 0 bridgehead atoms. The van der Waals surface area contributed by atoms with Gasteiger partial charge in [-0.25, -0.2) is 0 Å². The average molecular weight is 548 g/mol. The normalized spacial score (nSPS) is 14.5. The lowest BCUT2D eigenvalue weighted by Gasteiger charge is -2.19. The first kappa shape index (κ1) is 28.3. The lowest BCUT2D eigenvalue weighted by atomic mass is 9.95. The van der Waals surface area contributed by atoms with Crippen LogP contribution in [0.3, 0.4) is 0 Å². The Morgan fingerprint density at radius 3 is 2.40 bits per heavy atom. The fraction of sp³-hybridized carbons (Fsp3) is 0.300. The van der Waals surface area contributed by atoms with Crippen molar-refractivity contribution >= 4 is 23.2 Å². The van der Waals surface area contributed by atoms with Gasteiger partial charge >= 0.3 is 0 Å². The van der Waals surface area contributed by atoms with Crippen molar-refractivity contribution in [1.82, 2.24) is 5.32 Å². The van der Waals surface area contributed by atoms with Gasteiger partial charge in [-0.05, 0) is 66.8 Å². The van der Waals surface area contributed by atoms with Crippen molar-refractivity contribution in [2.24, 2.45) is 0 Å². The van der Waals surface area contributed by atoms with E-state index in [2.05, 4.69) is 16.0 Å². The van der Waals surface area contributed by atoms with Crippen LogP contribution in [0.5, 0.6) is 23.0 Å². The summed E-state index contributed by atoms with van der Waals surface area (Å²) >= 11 is 0. The average Bonchev–Trinajstić information content (AvgIpc) is 3.16. The van der Waals surface area contributed by atoms with Gasteiger partial charge in [0, 0.05) is 24.2 Å². The SMILES string of the molecule is COc1cc2c(c(OC)c1OC)-c1ccc(N[C@H](C)C(=O)Nc3cccc(O)c3)c(=O)cc1[C@H](NC(C)=O)CC2. The van der Waals surface area contributed by atoms with Gasteiger partial charge in [0.05, 0.1) is 33.1 Å². The summed E-state index contributed by atoms with van der Waals surface area (Å²) in [6, 6.07) is 11.8. The zero-order chi connectivity index (χ0) is 29.0. The highest BCUT2D eigenvalue weighted by Gasteiger charge is 2.29. The monoisotopic (exact) mass is 547 g/mol. The van der Waals surface area contributed by atoms with Gasteiger partial charge in [0.25, 0.3) is 0 Å². The van der Waals surface area contributed by atoms with Crippen LogP contribution in [0, 0.1) is 0 Å². The van der Waals surface area contributed by atoms with Crippen molar-refractivity contribution < 1.29 is 28.9 Å². The molecule has 210 valence electrons. The molecule has 0 heterocycles. The lowest BCUT2D eigenvalue weighted by Crippen LogP contribution is -2.33.